The van der Waals surface area contributed by atoms with Crippen molar-refractivity contribution in [3.63, 3.8) is 0 Å². The van der Waals surface area contributed by atoms with Crippen LogP contribution in [0.25, 0.3) is 0 Å². The number of rotatable bonds is 3. The zero-order chi connectivity index (χ0) is 11.2. The average molecular weight is 217 g/mol. The van der Waals surface area contributed by atoms with Crippen LogP contribution < -0.4 is 5.32 Å². The van der Waals surface area contributed by atoms with Gasteiger partial charge in [0.2, 0.25) is 0 Å². The van der Waals surface area contributed by atoms with Gasteiger partial charge in [-0.2, -0.15) is 0 Å². The molecule has 0 aromatic carbocycles. The number of carbonyl (C=O) groups is 1. The lowest BCUT2D eigenvalue weighted by molar-refractivity contribution is 0.0531. The van der Waals surface area contributed by atoms with Gasteiger partial charge >= 0.3 is 6.09 Å². The van der Waals surface area contributed by atoms with Crippen molar-refractivity contribution in [2.45, 2.75) is 40.7 Å². The van der Waals surface area contributed by atoms with Gasteiger partial charge in [-0.3, -0.25) is 0 Å². The molecule has 0 saturated carbocycles. The molecule has 0 atom stereocenters. The smallest absolute Gasteiger partial charge is 0.407 e. The molecule has 0 aliphatic heterocycles. The molecule has 0 aromatic heterocycles. The van der Waals surface area contributed by atoms with E-state index in [0.717, 1.165) is 5.57 Å². The summed E-state index contributed by atoms with van der Waals surface area (Å²) < 4.78 is 5.02. The van der Waals surface area contributed by atoms with E-state index in [-0.39, 0.29) is 14.0 Å². The Kier molecular flexibility index (Phi) is 7.97. The third kappa shape index (κ3) is 9.28. The van der Waals surface area contributed by atoms with E-state index in [1.165, 1.54) is 0 Å². The van der Waals surface area contributed by atoms with Crippen molar-refractivity contribution >= 4 is 6.09 Å². The number of carbonyl (C=O) groups excluding carboxylic acids is 1. The molecule has 0 spiro atoms. The maximum absolute atomic E-state index is 11.2. The van der Waals surface area contributed by atoms with Gasteiger partial charge in [0, 0.05) is 6.54 Å². The first-order valence-corrected chi connectivity index (χ1v) is 4.61. The van der Waals surface area contributed by atoms with Gasteiger partial charge in [0.25, 0.3) is 0 Å². The second-order valence-corrected chi connectivity index (χ2v) is 3.96. The fourth-order valence-corrected chi connectivity index (χ4v) is 0.749. The molecule has 0 aliphatic rings. The van der Waals surface area contributed by atoms with Crippen LogP contribution in [0.4, 0.5) is 4.79 Å². The Bertz CT molecular complexity index is 216. The van der Waals surface area contributed by atoms with Gasteiger partial charge in [0.05, 0.1) is 6.61 Å². The van der Waals surface area contributed by atoms with Crippen molar-refractivity contribution < 1.29 is 14.6 Å². The molecule has 4 nitrogen and oxygen atoms in total. The highest BCUT2D eigenvalue weighted by atomic mass is 16.6. The monoisotopic (exact) mass is 217 g/mol. The number of allylic oxidation sites excluding steroid dienone is 1. The Hall–Kier alpha value is -1.03. The topological polar surface area (TPSA) is 58.6 Å². The van der Waals surface area contributed by atoms with E-state index < -0.39 is 11.7 Å². The lowest BCUT2D eigenvalue weighted by atomic mass is 10.2. The first-order valence-electron chi connectivity index (χ1n) is 4.61. The molecule has 0 saturated heterocycles. The van der Waals surface area contributed by atoms with E-state index in [2.05, 4.69) is 5.32 Å². The van der Waals surface area contributed by atoms with E-state index in [0.29, 0.717) is 6.54 Å². The summed E-state index contributed by atoms with van der Waals surface area (Å²) in [5.41, 5.74) is 0.273. The van der Waals surface area contributed by atoms with Crippen LogP contribution in [0.15, 0.2) is 11.6 Å². The Morgan fingerprint density at radius 3 is 2.33 bits per heavy atom. The van der Waals surface area contributed by atoms with Crippen LogP contribution in [0.3, 0.4) is 0 Å². The number of ether oxygens (including phenoxy) is 1. The molecule has 0 aliphatic carbocycles. The maximum Gasteiger partial charge on any atom is 0.407 e. The fraction of sp³-hybridized carbons (Fsp3) is 0.727. The van der Waals surface area contributed by atoms with Crippen molar-refractivity contribution in [1.82, 2.24) is 5.32 Å². The SMILES string of the molecule is C.C/C=C(/CO)CNC(=O)OC(C)(C)C. The number of aliphatic hydroxyl groups is 1. The molecule has 15 heavy (non-hydrogen) atoms. The molecular weight excluding hydrogens is 194 g/mol. The largest absolute Gasteiger partial charge is 0.444 e. The van der Waals surface area contributed by atoms with E-state index in [1.54, 1.807) is 26.8 Å². The summed E-state index contributed by atoms with van der Waals surface area (Å²) in [6.07, 6.45) is 1.29. The van der Waals surface area contributed by atoms with E-state index in [4.69, 9.17) is 9.84 Å². The Morgan fingerprint density at radius 1 is 1.47 bits per heavy atom. The van der Waals surface area contributed by atoms with E-state index in [9.17, 15) is 4.79 Å². The highest BCUT2D eigenvalue weighted by Crippen LogP contribution is 2.06. The quantitative estimate of drug-likeness (QED) is 0.712. The first-order chi connectivity index (χ1) is 6.39. The van der Waals surface area contributed by atoms with Crippen LogP contribution >= 0.6 is 0 Å². The summed E-state index contributed by atoms with van der Waals surface area (Å²) in [6.45, 7) is 7.48. The standard InChI is InChI=1S/C10H19NO3.CH4/c1-5-8(7-12)6-11-9(13)14-10(2,3)4;/h5,12H,6-7H2,1-4H3,(H,11,13);1H4/b8-5+;. The lowest BCUT2D eigenvalue weighted by Gasteiger charge is -2.19. The summed E-state index contributed by atoms with van der Waals surface area (Å²) >= 11 is 0. The number of hydrogen-bond acceptors (Lipinski definition) is 3. The van der Waals surface area contributed by atoms with Crippen LogP contribution in [0, 0.1) is 0 Å². The van der Waals surface area contributed by atoms with Gasteiger partial charge < -0.3 is 15.2 Å². The number of hydrogen-bond donors (Lipinski definition) is 2. The third-order valence-electron chi connectivity index (χ3n) is 1.47. The van der Waals surface area contributed by atoms with Crippen LogP contribution in [-0.4, -0.2) is 30.0 Å². The Balaban J connectivity index is 0. The van der Waals surface area contributed by atoms with Gasteiger partial charge in [-0.05, 0) is 33.3 Å². The predicted molar refractivity (Wildman–Crippen MR) is 61.8 cm³/mol. The van der Waals surface area contributed by atoms with Gasteiger partial charge in [-0.25, -0.2) is 4.79 Å². The average Bonchev–Trinajstić information content (AvgIpc) is 2.03. The van der Waals surface area contributed by atoms with Crippen LogP contribution in [-0.2, 0) is 4.74 Å². The molecule has 0 rings (SSSR count). The maximum atomic E-state index is 11.2. The number of alkyl carbamates (subject to hydrolysis) is 1. The minimum absolute atomic E-state index is 0. The molecule has 90 valence electrons. The molecule has 0 aromatic rings. The third-order valence-corrected chi connectivity index (χ3v) is 1.47. The minimum Gasteiger partial charge on any atom is -0.444 e. The van der Waals surface area contributed by atoms with Crippen LogP contribution in [0.1, 0.15) is 35.1 Å². The summed E-state index contributed by atoms with van der Waals surface area (Å²) in [5, 5.41) is 11.4. The van der Waals surface area contributed by atoms with E-state index >= 15 is 0 Å². The summed E-state index contributed by atoms with van der Waals surface area (Å²) in [7, 11) is 0. The van der Waals surface area contributed by atoms with Gasteiger partial charge in [0.1, 0.15) is 5.60 Å². The summed E-state index contributed by atoms with van der Waals surface area (Å²) in [4.78, 5) is 11.2. The molecule has 0 heterocycles. The molecular formula is C11H23NO3. The zero-order valence-corrected chi connectivity index (χ0v) is 9.26. The molecule has 2 N–H and O–H groups in total. The first kappa shape index (κ1) is 16.4. The van der Waals surface area contributed by atoms with Gasteiger partial charge in [-0.1, -0.05) is 13.5 Å². The van der Waals surface area contributed by atoms with Crippen molar-refractivity contribution in [2.75, 3.05) is 13.2 Å². The van der Waals surface area contributed by atoms with Gasteiger partial charge in [-0.15, -0.1) is 0 Å². The summed E-state index contributed by atoms with van der Waals surface area (Å²) in [5.74, 6) is 0. The second-order valence-electron chi connectivity index (χ2n) is 3.96. The molecule has 1 amide bonds. The Morgan fingerprint density at radius 2 is 2.00 bits per heavy atom. The number of aliphatic hydroxyl groups excluding tert-OH is 1. The van der Waals surface area contributed by atoms with Crippen molar-refractivity contribution in [1.29, 1.82) is 0 Å². The van der Waals surface area contributed by atoms with Crippen molar-refractivity contribution in [3.8, 4) is 0 Å². The molecule has 0 bridgehead atoms. The summed E-state index contributed by atoms with van der Waals surface area (Å²) in [6, 6.07) is 0. The molecule has 0 unspecified atom stereocenters. The normalized spacial score (nSPS) is 11.7. The molecule has 0 fully saturated rings. The minimum atomic E-state index is -0.487. The van der Waals surface area contributed by atoms with Crippen molar-refractivity contribution in [3.05, 3.63) is 11.6 Å². The number of amides is 1. The lowest BCUT2D eigenvalue weighted by Crippen LogP contribution is -2.33. The van der Waals surface area contributed by atoms with Crippen molar-refractivity contribution in [2.24, 2.45) is 0 Å². The predicted octanol–water partition coefficient (Wildman–Crippen LogP) is 2.09. The highest BCUT2D eigenvalue weighted by molar-refractivity contribution is 5.68. The highest BCUT2D eigenvalue weighted by Gasteiger charge is 2.15. The molecule has 4 heteroatoms. The fourth-order valence-electron chi connectivity index (χ4n) is 0.749. The Labute approximate surface area is 92.3 Å². The van der Waals surface area contributed by atoms with E-state index in [1.807, 2.05) is 6.92 Å². The van der Waals surface area contributed by atoms with Gasteiger partial charge in [0.15, 0.2) is 0 Å². The second kappa shape index (κ2) is 7.29. The van der Waals surface area contributed by atoms with Crippen LogP contribution in [0.5, 0.6) is 0 Å². The number of nitrogens with one attached hydrogen (secondary N) is 1. The zero-order valence-electron chi connectivity index (χ0n) is 9.26. The molecule has 0 radical (unpaired) electrons. The van der Waals surface area contributed by atoms with Crippen LogP contribution in [0.2, 0.25) is 0 Å².